The SMILES string of the molecule is Cc1ccc(Oc2ccc(F)cc2Cl)c(CBr)c1. The number of hydrogen-bond donors (Lipinski definition) is 0. The van der Waals surface area contributed by atoms with Crippen LogP contribution in [0.15, 0.2) is 36.4 Å². The summed E-state index contributed by atoms with van der Waals surface area (Å²) in [5.41, 5.74) is 2.18. The van der Waals surface area contributed by atoms with Crippen LogP contribution in [0.5, 0.6) is 11.5 Å². The summed E-state index contributed by atoms with van der Waals surface area (Å²) in [4.78, 5) is 0. The quantitative estimate of drug-likeness (QED) is 0.678. The van der Waals surface area contributed by atoms with Gasteiger partial charge in [-0.25, -0.2) is 4.39 Å². The molecule has 2 aromatic carbocycles. The Morgan fingerprint density at radius 3 is 2.56 bits per heavy atom. The Labute approximate surface area is 119 Å². The van der Waals surface area contributed by atoms with Crippen LogP contribution in [0.1, 0.15) is 11.1 Å². The molecule has 0 atom stereocenters. The van der Waals surface area contributed by atoms with Gasteiger partial charge in [-0.15, -0.1) is 0 Å². The van der Waals surface area contributed by atoms with E-state index in [9.17, 15) is 4.39 Å². The highest BCUT2D eigenvalue weighted by atomic mass is 79.9. The Bertz CT molecular complexity index is 572. The number of alkyl halides is 1. The second-order valence-electron chi connectivity index (χ2n) is 3.92. The van der Waals surface area contributed by atoms with Gasteiger partial charge in [-0.2, -0.15) is 0 Å². The largest absolute Gasteiger partial charge is 0.455 e. The lowest BCUT2D eigenvalue weighted by Gasteiger charge is -2.11. The summed E-state index contributed by atoms with van der Waals surface area (Å²) in [5.74, 6) is 0.784. The molecule has 0 spiro atoms. The molecule has 0 heterocycles. The first-order valence-corrected chi connectivity index (χ1v) is 6.88. The number of hydrogen-bond acceptors (Lipinski definition) is 1. The highest BCUT2D eigenvalue weighted by Gasteiger charge is 2.08. The van der Waals surface area contributed by atoms with Gasteiger partial charge in [0.25, 0.3) is 0 Å². The summed E-state index contributed by atoms with van der Waals surface area (Å²) in [6, 6.07) is 9.95. The zero-order valence-electron chi connectivity index (χ0n) is 9.71. The van der Waals surface area contributed by atoms with Crippen molar-refractivity contribution in [3.05, 3.63) is 58.4 Å². The van der Waals surface area contributed by atoms with Gasteiger partial charge in [-0.3, -0.25) is 0 Å². The Balaban J connectivity index is 2.33. The van der Waals surface area contributed by atoms with Gasteiger partial charge >= 0.3 is 0 Å². The summed E-state index contributed by atoms with van der Waals surface area (Å²) < 4.78 is 18.6. The number of rotatable bonds is 3. The summed E-state index contributed by atoms with van der Waals surface area (Å²) in [6.07, 6.45) is 0. The number of ether oxygens (including phenoxy) is 1. The second-order valence-corrected chi connectivity index (χ2v) is 4.89. The first-order valence-electron chi connectivity index (χ1n) is 5.38. The van der Waals surface area contributed by atoms with Gasteiger partial charge in [0.15, 0.2) is 0 Å². The summed E-state index contributed by atoms with van der Waals surface area (Å²) in [7, 11) is 0. The molecule has 0 N–H and O–H groups in total. The average Bonchev–Trinajstić information content (AvgIpc) is 2.34. The maximum absolute atomic E-state index is 12.9. The van der Waals surface area contributed by atoms with Crippen molar-refractivity contribution in [2.24, 2.45) is 0 Å². The van der Waals surface area contributed by atoms with Crippen molar-refractivity contribution in [3.63, 3.8) is 0 Å². The van der Waals surface area contributed by atoms with Crippen molar-refractivity contribution in [1.29, 1.82) is 0 Å². The summed E-state index contributed by atoms with van der Waals surface area (Å²) in [6.45, 7) is 2.01. The Hall–Kier alpha value is -1.06. The molecule has 94 valence electrons. The molecule has 0 aliphatic heterocycles. The van der Waals surface area contributed by atoms with E-state index >= 15 is 0 Å². The van der Waals surface area contributed by atoms with Crippen molar-refractivity contribution >= 4 is 27.5 Å². The average molecular weight is 330 g/mol. The zero-order valence-corrected chi connectivity index (χ0v) is 12.1. The molecule has 0 aliphatic carbocycles. The van der Waals surface area contributed by atoms with Crippen molar-refractivity contribution < 1.29 is 9.13 Å². The van der Waals surface area contributed by atoms with Gasteiger partial charge in [0, 0.05) is 10.9 Å². The molecule has 0 saturated heterocycles. The minimum Gasteiger partial charge on any atom is -0.455 e. The topological polar surface area (TPSA) is 9.23 Å². The molecule has 0 unspecified atom stereocenters. The molecular weight excluding hydrogens is 319 g/mol. The predicted molar refractivity (Wildman–Crippen MR) is 75.3 cm³/mol. The van der Waals surface area contributed by atoms with Gasteiger partial charge in [0.05, 0.1) is 5.02 Å². The van der Waals surface area contributed by atoms with E-state index in [4.69, 9.17) is 16.3 Å². The number of halogens is 3. The van der Waals surface area contributed by atoms with E-state index in [0.29, 0.717) is 16.8 Å². The summed E-state index contributed by atoms with van der Waals surface area (Å²) in [5, 5.41) is 0.944. The smallest absolute Gasteiger partial charge is 0.146 e. The Kier molecular flexibility index (Phi) is 4.25. The van der Waals surface area contributed by atoms with E-state index < -0.39 is 0 Å². The van der Waals surface area contributed by atoms with Crippen molar-refractivity contribution in [2.45, 2.75) is 12.3 Å². The standard InChI is InChI=1S/C14H11BrClFO/c1-9-2-4-13(10(6-9)8-15)18-14-5-3-11(17)7-12(14)16/h2-7H,8H2,1H3. The number of benzene rings is 2. The Morgan fingerprint density at radius 1 is 1.17 bits per heavy atom. The highest BCUT2D eigenvalue weighted by molar-refractivity contribution is 9.08. The first-order chi connectivity index (χ1) is 8.60. The molecule has 4 heteroatoms. The van der Waals surface area contributed by atoms with Crippen molar-refractivity contribution in [3.8, 4) is 11.5 Å². The molecular formula is C14H11BrClFO. The molecule has 2 rings (SSSR count). The molecule has 0 saturated carbocycles. The molecule has 18 heavy (non-hydrogen) atoms. The molecule has 0 fully saturated rings. The third kappa shape index (κ3) is 3.03. The normalized spacial score (nSPS) is 10.4. The van der Waals surface area contributed by atoms with Crippen LogP contribution in [0.2, 0.25) is 5.02 Å². The van der Waals surface area contributed by atoms with Gasteiger partial charge < -0.3 is 4.74 Å². The van der Waals surface area contributed by atoms with Crippen LogP contribution < -0.4 is 4.74 Å². The zero-order chi connectivity index (χ0) is 13.1. The van der Waals surface area contributed by atoms with E-state index in [0.717, 1.165) is 11.1 Å². The summed E-state index contributed by atoms with van der Waals surface area (Å²) >= 11 is 9.34. The fraction of sp³-hybridized carbons (Fsp3) is 0.143. The number of aryl methyl sites for hydroxylation is 1. The lowest BCUT2D eigenvalue weighted by molar-refractivity contribution is 0.476. The third-order valence-corrected chi connectivity index (χ3v) is 3.37. The first kappa shape index (κ1) is 13.4. The van der Waals surface area contributed by atoms with E-state index in [2.05, 4.69) is 15.9 Å². The molecule has 0 aromatic heterocycles. The van der Waals surface area contributed by atoms with E-state index in [-0.39, 0.29) is 10.8 Å². The fourth-order valence-electron chi connectivity index (χ4n) is 1.59. The minimum absolute atomic E-state index is 0.260. The second kappa shape index (κ2) is 5.72. The van der Waals surface area contributed by atoms with Crippen LogP contribution >= 0.6 is 27.5 Å². The maximum atomic E-state index is 12.9. The Morgan fingerprint density at radius 2 is 1.89 bits per heavy atom. The molecule has 0 bridgehead atoms. The molecule has 0 aliphatic rings. The van der Waals surface area contributed by atoms with E-state index in [1.807, 2.05) is 25.1 Å². The van der Waals surface area contributed by atoms with Crippen LogP contribution in [0.4, 0.5) is 4.39 Å². The van der Waals surface area contributed by atoms with Gasteiger partial charge in [-0.05, 0) is 31.2 Å². The lowest BCUT2D eigenvalue weighted by atomic mass is 10.1. The van der Waals surface area contributed by atoms with Gasteiger partial charge in [-0.1, -0.05) is 45.2 Å². The van der Waals surface area contributed by atoms with E-state index in [1.54, 1.807) is 0 Å². The predicted octanol–water partition coefficient (Wildman–Crippen LogP) is 5.47. The van der Waals surface area contributed by atoms with Crippen molar-refractivity contribution in [2.75, 3.05) is 0 Å². The van der Waals surface area contributed by atoms with Crippen LogP contribution in [0.25, 0.3) is 0 Å². The van der Waals surface area contributed by atoms with Crippen LogP contribution in [-0.4, -0.2) is 0 Å². The van der Waals surface area contributed by atoms with Crippen LogP contribution in [0, 0.1) is 12.7 Å². The third-order valence-electron chi connectivity index (χ3n) is 2.47. The minimum atomic E-state index is -0.378. The maximum Gasteiger partial charge on any atom is 0.146 e. The van der Waals surface area contributed by atoms with E-state index in [1.165, 1.54) is 18.2 Å². The molecule has 1 nitrogen and oxygen atoms in total. The molecule has 0 radical (unpaired) electrons. The van der Waals surface area contributed by atoms with Crippen LogP contribution in [0.3, 0.4) is 0 Å². The van der Waals surface area contributed by atoms with Crippen molar-refractivity contribution in [1.82, 2.24) is 0 Å². The van der Waals surface area contributed by atoms with Gasteiger partial charge in [0.2, 0.25) is 0 Å². The van der Waals surface area contributed by atoms with Gasteiger partial charge in [0.1, 0.15) is 17.3 Å². The lowest BCUT2D eigenvalue weighted by Crippen LogP contribution is -1.91. The highest BCUT2D eigenvalue weighted by Crippen LogP contribution is 2.32. The fourth-order valence-corrected chi connectivity index (χ4v) is 2.23. The monoisotopic (exact) mass is 328 g/mol. The molecule has 0 amide bonds. The van der Waals surface area contributed by atoms with Crippen LogP contribution in [-0.2, 0) is 5.33 Å². The molecule has 2 aromatic rings.